The highest BCUT2D eigenvalue weighted by Crippen LogP contribution is 2.32. The molecule has 108 valence electrons. The topological polar surface area (TPSA) is 47.1 Å². The SMILES string of the molecule is CC1SCCN(C(CN)c2cncn2C(C)C)C1C. The van der Waals surface area contributed by atoms with Crippen molar-refractivity contribution < 1.29 is 0 Å². The van der Waals surface area contributed by atoms with Gasteiger partial charge in [0.05, 0.1) is 18.1 Å². The maximum absolute atomic E-state index is 6.08. The highest BCUT2D eigenvalue weighted by Gasteiger charge is 2.32. The van der Waals surface area contributed by atoms with Crippen LogP contribution in [-0.2, 0) is 0 Å². The second-order valence-electron chi connectivity index (χ2n) is 5.63. The van der Waals surface area contributed by atoms with Crippen LogP contribution in [0.3, 0.4) is 0 Å². The maximum Gasteiger partial charge on any atom is 0.0951 e. The average molecular weight is 282 g/mol. The molecule has 0 spiro atoms. The summed E-state index contributed by atoms with van der Waals surface area (Å²) in [6.07, 6.45) is 3.91. The van der Waals surface area contributed by atoms with Crippen molar-refractivity contribution in [1.82, 2.24) is 14.5 Å². The second kappa shape index (κ2) is 6.29. The lowest BCUT2D eigenvalue weighted by Crippen LogP contribution is -2.48. The summed E-state index contributed by atoms with van der Waals surface area (Å²) in [5.41, 5.74) is 7.34. The number of imidazole rings is 1. The van der Waals surface area contributed by atoms with E-state index in [1.54, 1.807) is 0 Å². The fourth-order valence-electron chi connectivity index (χ4n) is 2.83. The molecule has 0 aromatic carbocycles. The molecule has 4 nitrogen and oxygen atoms in total. The van der Waals surface area contributed by atoms with Crippen molar-refractivity contribution in [3.63, 3.8) is 0 Å². The third kappa shape index (κ3) is 2.98. The molecule has 5 heteroatoms. The molecule has 2 heterocycles. The number of nitrogens with zero attached hydrogens (tertiary/aromatic N) is 3. The molecular formula is C14H26N4S. The van der Waals surface area contributed by atoms with Crippen LogP contribution in [0.4, 0.5) is 0 Å². The lowest BCUT2D eigenvalue weighted by Gasteiger charge is -2.42. The van der Waals surface area contributed by atoms with Crippen molar-refractivity contribution in [3.8, 4) is 0 Å². The van der Waals surface area contributed by atoms with E-state index in [1.165, 1.54) is 11.4 Å². The van der Waals surface area contributed by atoms with Crippen molar-refractivity contribution in [2.45, 2.75) is 51.1 Å². The normalized spacial score (nSPS) is 26.8. The monoisotopic (exact) mass is 282 g/mol. The molecule has 3 atom stereocenters. The number of hydrogen-bond donors (Lipinski definition) is 1. The van der Waals surface area contributed by atoms with Crippen molar-refractivity contribution in [1.29, 1.82) is 0 Å². The van der Waals surface area contributed by atoms with Gasteiger partial charge in [-0.15, -0.1) is 0 Å². The van der Waals surface area contributed by atoms with Gasteiger partial charge in [-0.05, 0) is 20.8 Å². The van der Waals surface area contributed by atoms with Crippen LogP contribution in [0, 0.1) is 0 Å². The zero-order valence-corrected chi connectivity index (χ0v) is 13.2. The lowest BCUT2D eigenvalue weighted by molar-refractivity contribution is 0.144. The van der Waals surface area contributed by atoms with Crippen molar-refractivity contribution in [2.75, 3.05) is 18.8 Å². The molecule has 1 aromatic rings. The molecule has 19 heavy (non-hydrogen) atoms. The van der Waals surface area contributed by atoms with E-state index >= 15 is 0 Å². The average Bonchev–Trinajstić information content (AvgIpc) is 2.85. The predicted octanol–water partition coefficient (Wildman–Crippen LogP) is 2.29. The Morgan fingerprint density at radius 3 is 2.84 bits per heavy atom. The summed E-state index contributed by atoms with van der Waals surface area (Å²) in [7, 11) is 0. The van der Waals surface area contributed by atoms with E-state index < -0.39 is 0 Å². The third-order valence-electron chi connectivity index (χ3n) is 4.15. The molecule has 3 unspecified atom stereocenters. The first kappa shape index (κ1) is 14.9. The summed E-state index contributed by atoms with van der Waals surface area (Å²) in [6.45, 7) is 10.8. The summed E-state index contributed by atoms with van der Waals surface area (Å²) in [6, 6.07) is 1.27. The Labute approximate surface area is 120 Å². The minimum atomic E-state index is 0.281. The second-order valence-corrected chi connectivity index (χ2v) is 7.11. The highest BCUT2D eigenvalue weighted by atomic mass is 32.2. The molecule has 0 amide bonds. The number of rotatable bonds is 4. The molecule has 0 radical (unpaired) electrons. The van der Waals surface area contributed by atoms with E-state index in [0.717, 1.165) is 6.54 Å². The van der Waals surface area contributed by atoms with Crippen molar-refractivity contribution >= 4 is 11.8 Å². The Morgan fingerprint density at radius 1 is 1.47 bits per heavy atom. The first-order chi connectivity index (χ1) is 9.06. The fraction of sp³-hybridized carbons (Fsp3) is 0.786. The van der Waals surface area contributed by atoms with E-state index in [9.17, 15) is 0 Å². The van der Waals surface area contributed by atoms with E-state index in [-0.39, 0.29) is 6.04 Å². The Balaban J connectivity index is 2.26. The number of aromatic nitrogens is 2. The Morgan fingerprint density at radius 2 is 2.21 bits per heavy atom. The van der Waals surface area contributed by atoms with Crippen LogP contribution in [0.5, 0.6) is 0 Å². The maximum atomic E-state index is 6.08. The summed E-state index contributed by atoms with van der Waals surface area (Å²) < 4.78 is 2.25. The van der Waals surface area contributed by atoms with Gasteiger partial charge < -0.3 is 10.3 Å². The van der Waals surface area contributed by atoms with Gasteiger partial charge in [0.25, 0.3) is 0 Å². The Bertz CT molecular complexity index is 404. The fourth-order valence-corrected chi connectivity index (χ4v) is 3.95. The standard InChI is InChI=1S/C14H26N4S/c1-10(2)18-9-16-8-14(18)13(7-15)17-5-6-19-12(4)11(17)3/h8-13H,5-7,15H2,1-4H3. The number of nitrogens with two attached hydrogens (primary N) is 1. The van der Waals surface area contributed by atoms with Crippen LogP contribution in [-0.4, -0.2) is 44.6 Å². The van der Waals surface area contributed by atoms with Gasteiger partial charge in [0.1, 0.15) is 0 Å². The summed E-state index contributed by atoms with van der Waals surface area (Å²) in [4.78, 5) is 6.88. The van der Waals surface area contributed by atoms with E-state index in [4.69, 9.17) is 5.73 Å². The van der Waals surface area contributed by atoms with Crippen molar-refractivity contribution in [2.24, 2.45) is 5.73 Å². The van der Waals surface area contributed by atoms with E-state index in [0.29, 0.717) is 23.9 Å². The molecule has 1 aromatic heterocycles. The van der Waals surface area contributed by atoms with Crippen LogP contribution in [0.1, 0.15) is 45.5 Å². The molecule has 1 aliphatic heterocycles. The van der Waals surface area contributed by atoms with Crippen LogP contribution < -0.4 is 5.73 Å². The Kier molecular flexibility index (Phi) is 4.92. The van der Waals surface area contributed by atoms with Crippen LogP contribution in [0.2, 0.25) is 0 Å². The molecule has 2 N–H and O–H groups in total. The minimum Gasteiger partial charge on any atom is -0.331 e. The molecule has 1 saturated heterocycles. The first-order valence-corrected chi connectivity index (χ1v) is 8.20. The van der Waals surface area contributed by atoms with Crippen LogP contribution in [0.15, 0.2) is 12.5 Å². The number of thioether (sulfide) groups is 1. The van der Waals surface area contributed by atoms with Gasteiger partial charge in [-0.1, -0.05) is 6.92 Å². The van der Waals surface area contributed by atoms with Gasteiger partial charge in [0.2, 0.25) is 0 Å². The third-order valence-corrected chi connectivity index (χ3v) is 5.49. The van der Waals surface area contributed by atoms with Crippen LogP contribution >= 0.6 is 11.8 Å². The molecule has 0 aliphatic carbocycles. The Hall–Kier alpha value is -0.520. The molecule has 0 saturated carbocycles. The van der Waals surface area contributed by atoms with Gasteiger partial charge in [-0.2, -0.15) is 11.8 Å². The zero-order chi connectivity index (χ0) is 14.0. The molecular weight excluding hydrogens is 256 g/mol. The smallest absolute Gasteiger partial charge is 0.0951 e. The van der Waals surface area contributed by atoms with Crippen molar-refractivity contribution in [3.05, 3.63) is 18.2 Å². The molecule has 0 bridgehead atoms. The molecule has 2 rings (SSSR count). The zero-order valence-electron chi connectivity index (χ0n) is 12.4. The largest absolute Gasteiger partial charge is 0.331 e. The molecule has 1 aliphatic rings. The van der Waals surface area contributed by atoms with Gasteiger partial charge in [0.15, 0.2) is 0 Å². The summed E-state index contributed by atoms with van der Waals surface area (Å²) in [5.74, 6) is 1.19. The minimum absolute atomic E-state index is 0.281. The van der Waals surface area contributed by atoms with Crippen LogP contribution in [0.25, 0.3) is 0 Å². The molecule has 1 fully saturated rings. The quantitative estimate of drug-likeness (QED) is 0.920. The van der Waals surface area contributed by atoms with E-state index in [2.05, 4.69) is 53.9 Å². The first-order valence-electron chi connectivity index (χ1n) is 7.15. The van der Waals surface area contributed by atoms with E-state index in [1.807, 2.05) is 12.5 Å². The summed E-state index contributed by atoms with van der Waals surface area (Å²) in [5, 5.41) is 0.665. The van der Waals surface area contributed by atoms with Gasteiger partial charge >= 0.3 is 0 Å². The van der Waals surface area contributed by atoms with Gasteiger partial charge in [-0.3, -0.25) is 4.90 Å². The highest BCUT2D eigenvalue weighted by molar-refractivity contribution is 8.00. The van der Waals surface area contributed by atoms with Gasteiger partial charge in [0, 0.05) is 42.4 Å². The predicted molar refractivity (Wildman–Crippen MR) is 82.5 cm³/mol. The van der Waals surface area contributed by atoms with Gasteiger partial charge in [-0.25, -0.2) is 4.98 Å². The lowest BCUT2D eigenvalue weighted by atomic mass is 10.1. The summed E-state index contributed by atoms with van der Waals surface area (Å²) >= 11 is 2.06. The number of hydrogen-bond acceptors (Lipinski definition) is 4.